The monoisotopic (exact) mass is 329 g/mol. The fourth-order valence-electron chi connectivity index (χ4n) is 2.19. The lowest BCUT2D eigenvalue weighted by Crippen LogP contribution is -2.30. The van der Waals surface area contributed by atoms with Gasteiger partial charge in [0.1, 0.15) is 5.69 Å². The topological polar surface area (TPSA) is 81.3 Å². The average Bonchev–Trinajstić information content (AvgIpc) is 2.58. The van der Waals surface area contributed by atoms with Crippen LogP contribution in [-0.2, 0) is 0 Å². The molecule has 2 N–H and O–H groups in total. The van der Waals surface area contributed by atoms with E-state index < -0.39 is 0 Å². The number of hydrogen-bond donors (Lipinski definition) is 2. The highest BCUT2D eigenvalue weighted by Gasteiger charge is 2.10. The summed E-state index contributed by atoms with van der Waals surface area (Å²) in [7, 11) is 5.51. The van der Waals surface area contributed by atoms with Gasteiger partial charge in [0.25, 0.3) is 11.5 Å². The third-order valence-corrected chi connectivity index (χ3v) is 3.54. The summed E-state index contributed by atoms with van der Waals surface area (Å²) < 4.78 is 0. The summed E-state index contributed by atoms with van der Waals surface area (Å²) in [5.41, 5.74) is 0.914. The molecule has 0 saturated heterocycles. The lowest BCUT2D eigenvalue weighted by Gasteiger charge is -2.19. The second-order valence-corrected chi connectivity index (χ2v) is 5.72. The molecule has 0 unspecified atom stereocenters. The quantitative estimate of drug-likeness (QED) is 0.743. The van der Waals surface area contributed by atoms with Crippen LogP contribution >= 0.6 is 0 Å². The van der Waals surface area contributed by atoms with Crippen LogP contribution < -0.4 is 20.7 Å². The number of hydrogen-bond acceptors (Lipinski definition) is 5. The van der Waals surface area contributed by atoms with Crippen molar-refractivity contribution in [1.82, 2.24) is 15.3 Å². The van der Waals surface area contributed by atoms with Gasteiger partial charge in [0, 0.05) is 46.0 Å². The molecule has 0 saturated carbocycles. The first kappa shape index (κ1) is 17.5. The summed E-state index contributed by atoms with van der Waals surface area (Å²) in [4.78, 5) is 34.2. The molecule has 1 amide bonds. The number of amides is 1. The summed E-state index contributed by atoms with van der Waals surface area (Å²) in [6.45, 7) is 1.33. The van der Waals surface area contributed by atoms with E-state index in [1.165, 1.54) is 6.07 Å². The molecular formula is C17H23N5O2. The normalized spacial score (nSPS) is 10.3. The lowest BCUT2D eigenvalue weighted by molar-refractivity contribution is 0.0948. The van der Waals surface area contributed by atoms with Gasteiger partial charge in [-0.15, -0.1) is 0 Å². The summed E-state index contributed by atoms with van der Waals surface area (Å²) in [5, 5.41) is 2.80. The van der Waals surface area contributed by atoms with Crippen LogP contribution in [0.15, 0.2) is 41.2 Å². The van der Waals surface area contributed by atoms with Crippen LogP contribution in [0.5, 0.6) is 0 Å². The maximum atomic E-state index is 12.1. The molecule has 1 aromatic carbocycles. The Morgan fingerprint density at radius 1 is 1.21 bits per heavy atom. The Kier molecular flexibility index (Phi) is 5.95. The van der Waals surface area contributed by atoms with E-state index in [1.807, 2.05) is 37.4 Å². The number of aromatic amines is 1. The Hall–Kier alpha value is -2.83. The maximum absolute atomic E-state index is 12.1. The van der Waals surface area contributed by atoms with Gasteiger partial charge in [0.15, 0.2) is 0 Å². The fourth-order valence-corrected chi connectivity index (χ4v) is 2.19. The van der Waals surface area contributed by atoms with Gasteiger partial charge in [-0.05, 0) is 18.6 Å². The number of nitrogens with one attached hydrogen (secondary N) is 2. The number of para-hydroxylation sites is 1. The van der Waals surface area contributed by atoms with Crippen LogP contribution in [0.3, 0.4) is 0 Å². The molecule has 128 valence electrons. The van der Waals surface area contributed by atoms with Gasteiger partial charge in [0.2, 0.25) is 5.95 Å². The van der Waals surface area contributed by atoms with Gasteiger partial charge in [-0.3, -0.25) is 14.6 Å². The summed E-state index contributed by atoms with van der Waals surface area (Å²) in [5.74, 6) is 0.0167. The van der Waals surface area contributed by atoms with Crippen molar-refractivity contribution < 1.29 is 4.79 Å². The molecule has 1 heterocycles. The van der Waals surface area contributed by atoms with Gasteiger partial charge in [0.05, 0.1) is 0 Å². The number of benzene rings is 1. The zero-order valence-corrected chi connectivity index (χ0v) is 14.2. The lowest BCUT2D eigenvalue weighted by atomic mass is 10.3. The van der Waals surface area contributed by atoms with E-state index in [-0.39, 0.29) is 17.2 Å². The zero-order valence-electron chi connectivity index (χ0n) is 14.2. The van der Waals surface area contributed by atoms with E-state index in [1.54, 1.807) is 19.0 Å². The Morgan fingerprint density at radius 2 is 1.92 bits per heavy atom. The number of nitrogens with zero attached hydrogens (tertiary/aromatic N) is 3. The van der Waals surface area contributed by atoms with E-state index in [9.17, 15) is 9.59 Å². The minimum atomic E-state index is -0.345. The van der Waals surface area contributed by atoms with E-state index >= 15 is 0 Å². The summed E-state index contributed by atoms with van der Waals surface area (Å²) >= 11 is 0. The molecule has 1 aromatic heterocycles. The molecule has 0 atom stereocenters. The molecule has 0 aliphatic rings. The van der Waals surface area contributed by atoms with Gasteiger partial charge < -0.3 is 15.1 Å². The number of aromatic nitrogens is 2. The number of H-pyrrole nitrogens is 1. The number of rotatable bonds is 7. The highest BCUT2D eigenvalue weighted by molar-refractivity contribution is 5.92. The average molecular weight is 329 g/mol. The molecule has 2 aromatic rings. The highest BCUT2D eigenvalue weighted by Crippen LogP contribution is 2.10. The molecular weight excluding hydrogens is 306 g/mol. The van der Waals surface area contributed by atoms with Crippen LogP contribution in [0.2, 0.25) is 0 Å². The van der Waals surface area contributed by atoms with Crippen molar-refractivity contribution >= 4 is 17.5 Å². The van der Waals surface area contributed by atoms with E-state index in [0.717, 1.165) is 18.7 Å². The van der Waals surface area contributed by atoms with Crippen molar-refractivity contribution in [1.29, 1.82) is 0 Å². The van der Waals surface area contributed by atoms with E-state index in [0.29, 0.717) is 12.5 Å². The van der Waals surface area contributed by atoms with Crippen molar-refractivity contribution in [3.63, 3.8) is 0 Å². The van der Waals surface area contributed by atoms with Crippen LogP contribution in [0, 0.1) is 0 Å². The number of anilines is 2. The zero-order chi connectivity index (χ0) is 17.5. The predicted octanol–water partition coefficient (Wildman–Crippen LogP) is 1.09. The van der Waals surface area contributed by atoms with Crippen molar-refractivity contribution in [3.8, 4) is 0 Å². The van der Waals surface area contributed by atoms with Gasteiger partial charge in [-0.2, -0.15) is 0 Å². The van der Waals surface area contributed by atoms with E-state index in [4.69, 9.17) is 0 Å². The third kappa shape index (κ3) is 4.84. The van der Waals surface area contributed by atoms with Gasteiger partial charge >= 0.3 is 0 Å². The molecule has 0 spiro atoms. The van der Waals surface area contributed by atoms with Crippen LogP contribution in [-0.4, -0.2) is 50.1 Å². The molecule has 0 fully saturated rings. The largest absolute Gasteiger partial charge is 0.375 e. The molecule has 0 aliphatic heterocycles. The minimum Gasteiger partial charge on any atom is -0.375 e. The maximum Gasteiger partial charge on any atom is 0.270 e. The molecule has 0 radical (unpaired) electrons. The van der Waals surface area contributed by atoms with Crippen LogP contribution in [0.1, 0.15) is 16.9 Å². The Balaban J connectivity index is 1.84. The van der Waals surface area contributed by atoms with Crippen LogP contribution in [0.25, 0.3) is 0 Å². The van der Waals surface area contributed by atoms with Crippen LogP contribution in [0.4, 0.5) is 11.6 Å². The van der Waals surface area contributed by atoms with Gasteiger partial charge in [-0.1, -0.05) is 18.2 Å². The standard InChI is InChI=1S/C17H23N5O2/c1-21(2)17-19-14(12-15(23)20-17)16(24)18-10-7-11-22(3)13-8-5-4-6-9-13/h4-6,8-9,12H,7,10-11H2,1-3H3,(H,18,24)(H,19,20,23). The fraction of sp³-hybridized carbons (Fsp3) is 0.353. The van der Waals surface area contributed by atoms with Crippen molar-refractivity contribution in [2.75, 3.05) is 44.0 Å². The first-order chi connectivity index (χ1) is 11.5. The highest BCUT2D eigenvalue weighted by atomic mass is 16.2. The Labute approximate surface area is 141 Å². The van der Waals surface area contributed by atoms with Crippen molar-refractivity contribution in [3.05, 3.63) is 52.4 Å². The summed E-state index contributed by atoms with van der Waals surface area (Å²) in [6.07, 6.45) is 0.793. The predicted molar refractivity (Wildman–Crippen MR) is 95.8 cm³/mol. The smallest absolute Gasteiger partial charge is 0.270 e. The second-order valence-electron chi connectivity index (χ2n) is 5.72. The second kappa shape index (κ2) is 8.14. The third-order valence-electron chi connectivity index (χ3n) is 3.54. The van der Waals surface area contributed by atoms with Gasteiger partial charge in [-0.25, -0.2) is 4.98 Å². The number of carbonyl (C=O) groups is 1. The molecule has 7 nitrogen and oxygen atoms in total. The summed E-state index contributed by atoms with van der Waals surface area (Å²) in [6, 6.07) is 11.3. The molecule has 0 bridgehead atoms. The first-order valence-corrected chi connectivity index (χ1v) is 7.80. The van der Waals surface area contributed by atoms with E-state index in [2.05, 4.69) is 20.2 Å². The van der Waals surface area contributed by atoms with Crippen molar-refractivity contribution in [2.24, 2.45) is 0 Å². The molecule has 0 aliphatic carbocycles. The minimum absolute atomic E-state index is 0.124. The number of carbonyl (C=O) groups excluding carboxylic acids is 1. The van der Waals surface area contributed by atoms with Crippen molar-refractivity contribution in [2.45, 2.75) is 6.42 Å². The Bertz CT molecular complexity index is 727. The molecule has 24 heavy (non-hydrogen) atoms. The SMILES string of the molecule is CN(C)c1nc(C(=O)NCCCN(C)c2ccccc2)cc(=O)[nH]1. The first-order valence-electron chi connectivity index (χ1n) is 7.80. The Morgan fingerprint density at radius 3 is 2.58 bits per heavy atom. The molecule has 7 heteroatoms. The molecule has 2 rings (SSSR count).